The Labute approximate surface area is 190 Å². The monoisotopic (exact) mass is 453 g/mol. The third-order valence-electron chi connectivity index (χ3n) is 6.07. The Morgan fingerprint density at radius 3 is 2.85 bits per heavy atom. The third kappa shape index (κ3) is 4.13. The summed E-state index contributed by atoms with van der Waals surface area (Å²) < 4.78 is 35.2. The molecular formula is C23H25F2N7O. The van der Waals surface area contributed by atoms with Crippen molar-refractivity contribution in [2.24, 2.45) is 0 Å². The van der Waals surface area contributed by atoms with Gasteiger partial charge in [0.1, 0.15) is 12.4 Å². The number of nitrogens with two attached hydrogens (primary N) is 1. The Hall–Kier alpha value is -3.53. The van der Waals surface area contributed by atoms with Gasteiger partial charge in [-0.15, -0.1) is 0 Å². The summed E-state index contributed by atoms with van der Waals surface area (Å²) in [6.45, 7) is 7.19. The fourth-order valence-electron chi connectivity index (χ4n) is 4.46. The van der Waals surface area contributed by atoms with Gasteiger partial charge < -0.3 is 15.4 Å². The van der Waals surface area contributed by atoms with E-state index in [4.69, 9.17) is 10.5 Å². The highest BCUT2D eigenvalue weighted by atomic mass is 19.1. The molecular weight excluding hydrogens is 428 g/mol. The molecule has 0 saturated carbocycles. The lowest BCUT2D eigenvalue weighted by Crippen LogP contribution is -2.57. The molecule has 1 fully saturated rings. The van der Waals surface area contributed by atoms with Crippen molar-refractivity contribution in [3.05, 3.63) is 59.1 Å². The van der Waals surface area contributed by atoms with E-state index in [1.54, 1.807) is 10.9 Å². The van der Waals surface area contributed by atoms with Crippen molar-refractivity contribution in [3.8, 4) is 11.6 Å². The maximum atomic E-state index is 14.0. The van der Waals surface area contributed by atoms with Gasteiger partial charge in [-0.25, -0.2) is 18.4 Å². The number of hydrogen-bond acceptors (Lipinski definition) is 7. The molecule has 1 aromatic carbocycles. The van der Waals surface area contributed by atoms with Crippen molar-refractivity contribution in [1.29, 1.82) is 0 Å². The van der Waals surface area contributed by atoms with Gasteiger partial charge in [-0.05, 0) is 13.8 Å². The SMILES string of the molecule is Cc1cc(-n2ncc(C=CCN3CCN4c5cc(F)cc(F)c5OCC4C3)c2C)nc(N)n1. The standard InChI is InChI=1S/C23H25F2N7O/c1-14-8-21(29-23(26)28-14)32-15(2)16(11-27-32)4-3-5-30-6-7-31-18(12-30)13-33-22-19(25)9-17(24)10-20(22)31/h3-4,8-11,18H,5-7,12-13H2,1-2H3,(H2,26,28,29). The molecule has 5 rings (SSSR count). The summed E-state index contributed by atoms with van der Waals surface area (Å²) >= 11 is 0. The first-order valence-corrected chi connectivity index (χ1v) is 10.8. The molecule has 2 N–H and O–H groups in total. The normalized spacial score (nSPS) is 18.3. The van der Waals surface area contributed by atoms with Crippen LogP contribution in [0.5, 0.6) is 5.75 Å². The van der Waals surface area contributed by atoms with E-state index in [2.05, 4.69) is 30.9 Å². The van der Waals surface area contributed by atoms with E-state index in [1.807, 2.05) is 26.0 Å². The van der Waals surface area contributed by atoms with Gasteiger partial charge in [0.05, 0.1) is 23.6 Å². The number of anilines is 2. The summed E-state index contributed by atoms with van der Waals surface area (Å²) in [5, 5.41) is 4.44. The second-order valence-electron chi connectivity index (χ2n) is 8.38. The molecule has 0 bridgehead atoms. The predicted molar refractivity (Wildman–Crippen MR) is 122 cm³/mol. The molecule has 0 radical (unpaired) electrons. The second kappa shape index (κ2) is 8.43. The number of halogens is 2. The van der Waals surface area contributed by atoms with E-state index < -0.39 is 11.6 Å². The van der Waals surface area contributed by atoms with Crippen molar-refractivity contribution in [3.63, 3.8) is 0 Å². The molecule has 1 atom stereocenters. The van der Waals surface area contributed by atoms with Crippen LogP contribution in [0.3, 0.4) is 0 Å². The molecule has 2 aliphatic rings. The molecule has 4 heterocycles. The highest BCUT2D eigenvalue weighted by molar-refractivity contribution is 5.62. The van der Waals surface area contributed by atoms with Crippen LogP contribution in [0.15, 0.2) is 30.5 Å². The maximum Gasteiger partial charge on any atom is 0.222 e. The van der Waals surface area contributed by atoms with Gasteiger partial charge in [0, 0.05) is 55.6 Å². The number of benzene rings is 1. The van der Waals surface area contributed by atoms with Crippen LogP contribution in [-0.4, -0.2) is 63.5 Å². The number of nitrogens with zero attached hydrogens (tertiary/aromatic N) is 6. The predicted octanol–water partition coefficient (Wildman–Crippen LogP) is 2.74. The maximum absolute atomic E-state index is 14.0. The average molecular weight is 453 g/mol. The van der Waals surface area contributed by atoms with Crippen molar-refractivity contribution >= 4 is 17.7 Å². The van der Waals surface area contributed by atoms with E-state index in [0.29, 0.717) is 24.7 Å². The summed E-state index contributed by atoms with van der Waals surface area (Å²) in [4.78, 5) is 12.7. The van der Waals surface area contributed by atoms with Crippen LogP contribution in [0.4, 0.5) is 20.4 Å². The highest BCUT2D eigenvalue weighted by Crippen LogP contribution is 2.38. The number of rotatable bonds is 4. The lowest BCUT2D eigenvalue weighted by Gasteiger charge is -2.45. The summed E-state index contributed by atoms with van der Waals surface area (Å²) in [5.74, 6) is -0.232. The Balaban J connectivity index is 1.24. The molecule has 33 heavy (non-hydrogen) atoms. The van der Waals surface area contributed by atoms with Crippen molar-refractivity contribution in [1.82, 2.24) is 24.6 Å². The molecule has 0 amide bonds. The molecule has 10 heteroatoms. The number of aromatic nitrogens is 4. The Morgan fingerprint density at radius 2 is 2.03 bits per heavy atom. The van der Waals surface area contributed by atoms with Crippen LogP contribution < -0.4 is 15.4 Å². The minimum Gasteiger partial charge on any atom is -0.486 e. The van der Waals surface area contributed by atoms with Crippen LogP contribution in [0.1, 0.15) is 17.0 Å². The highest BCUT2D eigenvalue weighted by Gasteiger charge is 2.34. The number of piperazine rings is 1. The molecule has 3 aromatic rings. The van der Waals surface area contributed by atoms with Crippen LogP contribution in [0.25, 0.3) is 11.9 Å². The molecule has 1 saturated heterocycles. The minimum atomic E-state index is -0.649. The van der Waals surface area contributed by atoms with E-state index in [9.17, 15) is 8.78 Å². The third-order valence-corrected chi connectivity index (χ3v) is 6.07. The van der Waals surface area contributed by atoms with Gasteiger partial charge in [-0.1, -0.05) is 12.2 Å². The fourth-order valence-corrected chi connectivity index (χ4v) is 4.46. The fraction of sp³-hybridized carbons (Fsp3) is 0.348. The van der Waals surface area contributed by atoms with Gasteiger partial charge in [-0.2, -0.15) is 10.1 Å². The lowest BCUT2D eigenvalue weighted by atomic mass is 10.1. The number of aryl methyl sites for hydroxylation is 1. The minimum absolute atomic E-state index is 0.0526. The molecule has 0 aliphatic carbocycles. The Bertz CT molecular complexity index is 1210. The number of nitrogen functional groups attached to an aromatic ring is 1. The Kier molecular flexibility index (Phi) is 5.45. The van der Waals surface area contributed by atoms with Crippen LogP contribution in [0.2, 0.25) is 0 Å². The first-order chi connectivity index (χ1) is 15.9. The van der Waals surface area contributed by atoms with Crippen molar-refractivity contribution < 1.29 is 13.5 Å². The van der Waals surface area contributed by atoms with Crippen molar-refractivity contribution in [2.45, 2.75) is 19.9 Å². The zero-order valence-corrected chi connectivity index (χ0v) is 18.5. The van der Waals surface area contributed by atoms with Crippen molar-refractivity contribution in [2.75, 3.05) is 43.4 Å². The van der Waals surface area contributed by atoms with Gasteiger partial charge >= 0.3 is 0 Å². The smallest absolute Gasteiger partial charge is 0.222 e. The number of hydrogen-bond donors (Lipinski definition) is 1. The number of fused-ring (bicyclic) bond motifs is 3. The summed E-state index contributed by atoms with van der Waals surface area (Å²) in [5.41, 5.74) is 9.00. The van der Waals surface area contributed by atoms with Gasteiger partial charge in [-0.3, -0.25) is 4.90 Å². The van der Waals surface area contributed by atoms with E-state index in [1.165, 1.54) is 6.07 Å². The summed E-state index contributed by atoms with van der Waals surface area (Å²) in [6, 6.07) is 4.11. The number of ether oxygens (including phenoxy) is 1. The first-order valence-electron chi connectivity index (χ1n) is 10.8. The average Bonchev–Trinajstić information content (AvgIpc) is 3.13. The van der Waals surface area contributed by atoms with Crippen LogP contribution >= 0.6 is 0 Å². The second-order valence-corrected chi connectivity index (χ2v) is 8.38. The van der Waals surface area contributed by atoms with E-state index in [-0.39, 0.29) is 17.7 Å². The topological polar surface area (TPSA) is 85.3 Å². The lowest BCUT2D eigenvalue weighted by molar-refractivity contribution is 0.173. The Morgan fingerprint density at radius 1 is 1.18 bits per heavy atom. The van der Waals surface area contributed by atoms with E-state index in [0.717, 1.165) is 42.7 Å². The molecule has 1 unspecified atom stereocenters. The van der Waals surface area contributed by atoms with Gasteiger partial charge in [0.15, 0.2) is 17.4 Å². The zero-order chi connectivity index (χ0) is 23.1. The van der Waals surface area contributed by atoms with E-state index >= 15 is 0 Å². The van der Waals surface area contributed by atoms with Gasteiger partial charge in [0.2, 0.25) is 5.95 Å². The molecule has 0 spiro atoms. The van der Waals surface area contributed by atoms with Crippen LogP contribution in [-0.2, 0) is 0 Å². The summed E-state index contributed by atoms with van der Waals surface area (Å²) in [6.07, 6.45) is 5.94. The summed E-state index contributed by atoms with van der Waals surface area (Å²) in [7, 11) is 0. The van der Waals surface area contributed by atoms with Crippen LogP contribution in [0, 0.1) is 25.5 Å². The molecule has 2 aromatic heterocycles. The molecule has 8 nitrogen and oxygen atoms in total. The quantitative estimate of drug-likeness (QED) is 0.650. The first kappa shape index (κ1) is 21.3. The zero-order valence-electron chi connectivity index (χ0n) is 18.5. The largest absolute Gasteiger partial charge is 0.486 e. The van der Waals surface area contributed by atoms with Gasteiger partial charge in [0.25, 0.3) is 0 Å². The molecule has 172 valence electrons. The molecule has 2 aliphatic heterocycles.